The van der Waals surface area contributed by atoms with Crippen LogP contribution in [0.25, 0.3) is 16.9 Å². The Morgan fingerprint density at radius 1 is 0.386 bits per heavy atom. The first-order valence-corrected chi connectivity index (χ1v) is 18.7. The van der Waals surface area contributed by atoms with Crippen molar-refractivity contribution in [1.82, 2.24) is 0 Å². The minimum Gasteiger partial charge on any atom is -0.493 e. The maximum absolute atomic E-state index is 12.4. The highest BCUT2D eigenvalue weighted by atomic mass is 15.2. The van der Waals surface area contributed by atoms with Crippen LogP contribution in [-0.4, -0.2) is 4.70 Å². The quantitative estimate of drug-likeness (QED) is 0.0954. The van der Waals surface area contributed by atoms with E-state index in [2.05, 4.69) is 77.9 Å². The largest absolute Gasteiger partial charge is 0.493 e. The van der Waals surface area contributed by atoms with Crippen LogP contribution >= 0.6 is 0 Å². The van der Waals surface area contributed by atoms with Crippen molar-refractivity contribution in [2.24, 2.45) is 0 Å². The third-order valence-electron chi connectivity index (χ3n) is 9.35. The molecule has 0 aliphatic carbocycles. The van der Waals surface area contributed by atoms with Gasteiger partial charge in [-0.3, -0.25) is 0 Å². The van der Waals surface area contributed by atoms with Crippen LogP contribution in [-0.2, 0) is 25.7 Å². The van der Waals surface area contributed by atoms with Crippen molar-refractivity contribution in [3.63, 3.8) is 0 Å². The van der Waals surface area contributed by atoms with Crippen molar-refractivity contribution in [1.29, 1.82) is 0 Å². The van der Waals surface area contributed by atoms with Gasteiger partial charge in [0.25, 0.3) is 0 Å². The van der Waals surface area contributed by atoms with Gasteiger partial charge in [0.2, 0.25) is 11.4 Å². The van der Waals surface area contributed by atoms with Gasteiger partial charge in [0.15, 0.2) is 0 Å². The van der Waals surface area contributed by atoms with Crippen molar-refractivity contribution in [2.45, 2.75) is 170 Å². The van der Waals surface area contributed by atoms with Crippen LogP contribution in [0.4, 0.5) is 0 Å². The number of benzene rings is 2. The van der Waals surface area contributed by atoms with Gasteiger partial charge in [0.1, 0.15) is 0 Å². The Labute approximate surface area is 271 Å². The van der Waals surface area contributed by atoms with E-state index in [1.54, 1.807) is 4.70 Å². The average molecular weight is 597 g/mol. The topological polar surface area (TPSA) is 25.3 Å². The Morgan fingerprint density at radius 3 is 1.05 bits per heavy atom. The molecule has 1 aliphatic heterocycles. The molecular formula is C42H64N2. The number of aryl methyl sites for hydroxylation is 4. The van der Waals surface area contributed by atoms with E-state index in [4.69, 9.17) is 0 Å². The van der Waals surface area contributed by atoms with E-state index in [1.807, 2.05) is 0 Å². The average Bonchev–Trinajstić information content (AvgIpc) is 3.31. The second-order valence-corrected chi connectivity index (χ2v) is 13.4. The summed E-state index contributed by atoms with van der Waals surface area (Å²) >= 11 is 0. The van der Waals surface area contributed by atoms with Gasteiger partial charge in [0, 0.05) is 22.3 Å². The molecule has 0 aromatic heterocycles. The van der Waals surface area contributed by atoms with E-state index in [1.165, 1.54) is 122 Å². The van der Waals surface area contributed by atoms with Crippen LogP contribution in [0.5, 0.6) is 0 Å². The lowest BCUT2D eigenvalue weighted by molar-refractivity contribution is -0.345. The fourth-order valence-corrected chi connectivity index (χ4v) is 6.77. The van der Waals surface area contributed by atoms with Crippen LogP contribution in [0.3, 0.4) is 0 Å². The van der Waals surface area contributed by atoms with Crippen LogP contribution in [0.1, 0.15) is 178 Å². The third kappa shape index (κ3) is 10.3. The molecule has 2 nitrogen and oxygen atoms in total. The minimum absolute atomic E-state index is 1.03. The smallest absolute Gasteiger partial charge is 0.211 e. The number of rotatable bonds is 22. The second-order valence-electron chi connectivity index (χ2n) is 13.4. The molecule has 1 aliphatic rings. The summed E-state index contributed by atoms with van der Waals surface area (Å²) in [5, 5.41) is 0. The standard InChI is InChI=1S/C42H64N2/c1-7-13-19-20-26-40-39(25-18-12-6)41(37-29-33(21-14-8-2)27-34(30-37)22-15-9-3)44(43)42(40)38-31-35(23-16-10-4)28-36(32-38)24-17-11-5/h27-32H,7-26H2,1-6H3. The third-order valence-corrected chi connectivity index (χ3v) is 9.35. The number of hydrogen-bond acceptors (Lipinski definition) is 0. The zero-order valence-corrected chi connectivity index (χ0v) is 29.5. The molecule has 3 rings (SSSR count). The number of unbranched alkanes of at least 4 members (excludes halogenated alkanes) is 8. The lowest BCUT2D eigenvalue weighted by atomic mass is 9.90. The molecule has 0 saturated carbocycles. The first kappa shape index (κ1) is 36.0. The van der Waals surface area contributed by atoms with Crippen LogP contribution in [0.15, 0.2) is 47.5 Å². The molecule has 2 aromatic rings. The molecule has 242 valence electrons. The van der Waals surface area contributed by atoms with Gasteiger partial charge in [-0.25, -0.2) is 4.70 Å². The predicted molar refractivity (Wildman–Crippen MR) is 193 cm³/mol. The van der Waals surface area contributed by atoms with E-state index in [9.17, 15) is 5.53 Å². The first-order valence-electron chi connectivity index (χ1n) is 18.7. The summed E-state index contributed by atoms with van der Waals surface area (Å²) in [4.78, 5) is 0. The number of nitrogens with zero attached hydrogens (tertiary/aromatic N) is 2. The van der Waals surface area contributed by atoms with Gasteiger partial charge in [0.05, 0.1) is 0 Å². The molecule has 44 heavy (non-hydrogen) atoms. The lowest BCUT2D eigenvalue weighted by Crippen LogP contribution is -2.05. The van der Waals surface area contributed by atoms with Crippen molar-refractivity contribution in [3.05, 3.63) is 86.5 Å². The zero-order valence-electron chi connectivity index (χ0n) is 29.5. The molecule has 0 atom stereocenters. The summed E-state index contributed by atoms with van der Waals surface area (Å²) in [6.07, 6.45) is 23.4. The van der Waals surface area contributed by atoms with Gasteiger partial charge in [-0.2, -0.15) is 0 Å². The van der Waals surface area contributed by atoms with Crippen LogP contribution < -0.4 is 0 Å². The Bertz CT molecular complexity index is 1190. The Kier molecular flexibility index (Phi) is 16.2. The molecule has 0 bridgehead atoms. The molecule has 0 unspecified atom stereocenters. The van der Waals surface area contributed by atoms with Gasteiger partial charge in [-0.05, 0) is 124 Å². The molecular weight excluding hydrogens is 532 g/mol. The summed E-state index contributed by atoms with van der Waals surface area (Å²) < 4.78 is 1.64. The lowest BCUT2D eigenvalue weighted by Gasteiger charge is -2.14. The van der Waals surface area contributed by atoms with Crippen LogP contribution in [0, 0.1) is 0 Å². The molecule has 0 saturated heterocycles. The molecule has 0 amide bonds. The fraction of sp³-hybridized carbons (Fsp3) is 0.619. The molecule has 0 N–H and O–H groups in total. The summed E-state index contributed by atoms with van der Waals surface area (Å²) in [6.45, 7) is 13.7. The highest BCUT2D eigenvalue weighted by Crippen LogP contribution is 2.45. The molecule has 0 spiro atoms. The van der Waals surface area contributed by atoms with Gasteiger partial charge < -0.3 is 5.53 Å². The van der Waals surface area contributed by atoms with Crippen molar-refractivity contribution >= 4 is 11.4 Å². The normalized spacial score (nSPS) is 13.5. The van der Waals surface area contributed by atoms with E-state index < -0.39 is 0 Å². The fourth-order valence-electron chi connectivity index (χ4n) is 6.77. The summed E-state index contributed by atoms with van der Waals surface area (Å²) in [5.41, 5.74) is 25.4. The Hall–Kier alpha value is -2.48. The van der Waals surface area contributed by atoms with E-state index in [0.29, 0.717) is 0 Å². The predicted octanol–water partition coefficient (Wildman–Crippen LogP) is 13.4. The van der Waals surface area contributed by atoms with E-state index in [0.717, 1.165) is 62.8 Å². The molecule has 0 radical (unpaired) electrons. The second kappa shape index (κ2) is 19.8. The first-order chi connectivity index (χ1) is 21.5. The monoisotopic (exact) mass is 597 g/mol. The van der Waals surface area contributed by atoms with Gasteiger partial charge >= 0.3 is 0 Å². The zero-order chi connectivity index (χ0) is 31.7. The van der Waals surface area contributed by atoms with Gasteiger partial charge in [-0.1, -0.05) is 105 Å². The van der Waals surface area contributed by atoms with Gasteiger partial charge in [-0.15, -0.1) is 0 Å². The number of hydrogen-bond donors (Lipinski definition) is 0. The molecule has 2 heteroatoms. The van der Waals surface area contributed by atoms with E-state index in [-0.39, 0.29) is 0 Å². The maximum Gasteiger partial charge on any atom is 0.211 e. The molecule has 0 fully saturated rings. The summed E-state index contributed by atoms with van der Waals surface area (Å²) in [5.74, 6) is 0. The Balaban J connectivity index is 2.22. The molecule has 1 heterocycles. The van der Waals surface area contributed by atoms with E-state index >= 15 is 0 Å². The van der Waals surface area contributed by atoms with Crippen molar-refractivity contribution in [2.75, 3.05) is 0 Å². The highest BCUT2D eigenvalue weighted by Gasteiger charge is 2.35. The maximum atomic E-state index is 12.4. The Morgan fingerprint density at radius 2 is 0.705 bits per heavy atom. The highest BCUT2D eigenvalue weighted by molar-refractivity contribution is 5.82. The minimum atomic E-state index is 1.03. The molecule has 2 aromatic carbocycles. The summed E-state index contributed by atoms with van der Waals surface area (Å²) in [7, 11) is 0. The SMILES string of the molecule is CCCCCCC1=C(c2cc(CCCC)cc(CCCC)c2)[N+](=[N-])C(c2cc(CCCC)cc(CCCC)c2)=C1CCCC. The number of allylic oxidation sites excluding steroid dienone is 2. The van der Waals surface area contributed by atoms with Crippen LogP contribution in [0.2, 0.25) is 0 Å². The van der Waals surface area contributed by atoms with Crippen molar-refractivity contribution < 1.29 is 4.70 Å². The van der Waals surface area contributed by atoms with Crippen molar-refractivity contribution in [3.8, 4) is 0 Å². The summed E-state index contributed by atoms with van der Waals surface area (Å²) in [6, 6.07) is 14.5.